The molecule has 0 amide bonds. The van der Waals surface area contributed by atoms with Crippen molar-refractivity contribution in [3.63, 3.8) is 0 Å². The van der Waals surface area contributed by atoms with Gasteiger partial charge in [-0.2, -0.15) is 0 Å². The molecule has 20 heavy (non-hydrogen) atoms. The highest BCUT2D eigenvalue weighted by Gasteiger charge is 2.24. The van der Waals surface area contributed by atoms with E-state index in [2.05, 4.69) is 62.6 Å². The average molecular weight is 279 g/mol. The molecule has 0 saturated heterocycles. The maximum Gasteiger partial charge on any atom is 0.110 e. The van der Waals surface area contributed by atoms with Crippen molar-refractivity contribution < 1.29 is 0 Å². The smallest absolute Gasteiger partial charge is 0.110 e. The van der Waals surface area contributed by atoms with Gasteiger partial charge in [-0.3, -0.25) is 0 Å². The van der Waals surface area contributed by atoms with Crippen molar-refractivity contribution in [1.29, 1.82) is 0 Å². The van der Waals surface area contributed by atoms with Crippen LogP contribution in [-0.2, 0) is 13.0 Å². The second-order valence-corrected chi connectivity index (χ2v) is 7.00. The molecule has 0 saturated carbocycles. The van der Waals surface area contributed by atoms with Crippen molar-refractivity contribution in [3.8, 4) is 0 Å². The molecule has 3 heteroatoms. The third-order valence-electron chi connectivity index (χ3n) is 4.30. The summed E-state index contributed by atoms with van der Waals surface area (Å²) < 4.78 is 2.30. The molecule has 116 valence electrons. The lowest BCUT2D eigenvalue weighted by atomic mass is 9.78. The van der Waals surface area contributed by atoms with E-state index in [1.807, 2.05) is 6.20 Å². The fourth-order valence-corrected chi connectivity index (χ4v) is 2.50. The molecule has 0 aliphatic rings. The van der Waals surface area contributed by atoms with Crippen LogP contribution in [0.25, 0.3) is 0 Å². The molecule has 1 aromatic heterocycles. The number of imidazole rings is 1. The molecule has 1 rings (SSSR count). The maximum atomic E-state index is 4.55. The highest BCUT2D eigenvalue weighted by atomic mass is 15.1. The van der Waals surface area contributed by atoms with Gasteiger partial charge in [-0.05, 0) is 30.7 Å². The summed E-state index contributed by atoms with van der Waals surface area (Å²) >= 11 is 0. The lowest BCUT2D eigenvalue weighted by Gasteiger charge is -2.31. The summed E-state index contributed by atoms with van der Waals surface area (Å²) in [6, 6.07) is 0.521. The Bertz CT molecular complexity index is 376. The molecular weight excluding hydrogens is 246 g/mol. The Kier molecular flexibility index (Phi) is 6.74. The molecule has 1 heterocycles. The Labute approximate surface area is 125 Å². The van der Waals surface area contributed by atoms with E-state index in [-0.39, 0.29) is 0 Å². The van der Waals surface area contributed by atoms with Crippen LogP contribution >= 0.6 is 0 Å². The Hall–Kier alpha value is -0.830. The molecule has 2 atom stereocenters. The van der Waals surface area contributed by atoms with Crippen LogP contribution in [0.3, 0.4) is 0 Å². The van der Waals surface area contributed by atoms with Gasteiger partial charge in [0.05, 0.1) is 0 Å². The maximum absolute atomic E-state index is 4.55. The quantitative estimate of drug-likeness (QED) is 0.782. The lowest BCUT2D eigenvalue weighted by molar-refractivity contribution is 0.221. The Morgan fingerprint density at radius 1 is 1.30 bits per heavy atom. The number of nitrogens with one attached hydrogen (secondary N) is 1. The largest absolute Gasteiger partial charge is 0.335 e. The van der Waals surface area contributed by atoms with E-state index in [4.69, 9.17) is 0 Å². The third-order valence-corrected chi connectivity index (χ3v) is 4.30. The summed E-state index contributed by atoms with van der Waals surface area (Å²) in [5, 5.41) is 3.64. The first-order valence-corrected chi connectivity index (χ1v) is 8.11. The van der Waals surface area contributed by atoms with Crippen LogP contribution in [0.1, 0.15) is 60.2 Å². The van der Waals surface area contributed by atoms with E-state index in [0.717, 1.165) is 25.9 Å². The fraction of sp³-hybridized carbons (Fsp3) is 0.824. The fourth-order valence-electron chi connectivity index (χ4n) is 2.50. The SMILES string of the molecule is CCCn1ccnc1CC(CC(C)C(C)(C)C)NCC. The lowest BCUT2D eigenvalue weighted by Crippen LogP contribution is -2.36. The van der Waals surface area contributed by atoms with Gasteiger partial charge in [0, 0.05) is 31.4 Å². The minimum atomic E-state index is 0.368. The standard InChI is InChI=1S/C17H33N3/c1-7-10-20-11-9-19-16(20)13-15(18-8-2)12-14(3)17(4,5)6/h9,11,14-15,18H,7-8,10,12-13H2,1-6H3. The summed E-state index contributed by atoms with van der Waals surface area (Å²) in [7, 11) is 0. The molecule has 0 aromatic carbocycles. The van der Waals surface area contributed by atoms with Gasteiger partial charge < -0.3 is 9.88 Å². The summed E-state index contributed by atoms with van der Waals surface area (Å²) in [5.74, 6) is 1.92. The number of aryl methyl sites for hydroxylation is 1. The van der Waals surface area contributed by atoms with Gasteiger partial charge in [-0.15, -0.1) is 0 Å². The highest BCUT2D eigenvalue weighted by Crippen LogP contribution is 2.29. The van der Waals surface area contributed by atoms with Gasteiger partial charge in [0.1, 0.15) is 5.82 Å². The van der Waals surface area contributed by atoms with Crippen LogP contribution in [0.4, 0.5) is 0 Å². The Balaban J connectivity index is 2.69. The minimum Gasteiger partial charge on any atom is -0.335 e. The molecular formula is C17H33N3. The van der Waals surface area contributed by atoms with Crippen molar-refractivity contribution >= 4 is 0 Å². The summed E-state index contributed by atoms with van der Waals surface area (Å²) in [4.78, 5) is 4.55. The first-order valence-electron chi connectivity index (χ1n) is 8.11. The number of aromatic nitrogens is 2. The van der Waals surface area contributed by atoms with E-state index in [9.17, 15) is 0 Å². The Morgan fingerprint density at radius 3 is 2.55 bits per heavy atom. The second-order valence-electron chi connectivity index (χ2n) is 7.00. The molecule has 0 spiro atoms. The molecule has 0 aliphatic heterocycles. The van der Waals surface area contributed by atoms with Gasteiger partial charge in [0.25, 0.3) is 0 Å². The number of hydrogen-bond acceptors (Lipinski definition) is 2. The number of nitrogens with zero attached hydrogens (tertiary/aromatic N) is 2. The molecule has 0 bridgehead atoms. The van der Waals surface area contributed by atoms with E-state index in [0.29, 0.717) is 17.4 Å². The molecule has 3 nitrogen and oxygen atoms in total. The summed E-state index contributed by atoms with van der Waals surface area (Å²) in [5.41, 5.74) is 0.368. The average Bonchev–Trinajstić information content (AvgIpc) is 2.76. The molecule has 0 radical (unpaired) electrons. The second kappa shape index (κ2) is 7.82. The topological polar surface area (TPSA) is 29.9 Å². The van der Waals surface area contributed by atoms with Gasteiger partial charge in [-0.25, -0.2) is 4.98 Å². The van der Waals surface area contributed by atoms with Crippen LogP contribution in [0.2, 0.25) is 0 Å². The summed E-state index contributed by atoms with van der Waals surface area (Å²) in [6.45, 7) is 15.9. The van der Waals surface area contributed by atoms with E-state index in [1.54, 1.807) is 0 Å². The van der Waals surface area contributed by atoms with E-state index >= 15 is 0 Å². The van der Waals surface area contributed by atoms with Crippen LogP contribution in [0.5, 0.6) is 0 Å². The Morgan fingerprint density at radius 2 is 2.00 bits per heavy atom. The normalized spacial score (nSPS) is 15.3. The monoisotopic (exact) mass is 279 g/mol. The highest BCUT2D eigenvalue weighted by molar-refractivity contribution is 4.96. The van der Waals surface area contributed by atoms with Crippen molar-refractivity contribution in [2.45, 2.75) is 73.4 Å². The molecule has 1 aromatic rings. The summed E-state index contributed by atoms with van der Waals surface area (Å²) in [6.07, 6.45) is 7.43. The number of likely N-dealkylation sites (N-methyl/N-ethyl adjacent to an activating group) is 1. The zero-order valence-electron chi connectivity index (χ0n) is 14.2. The van der Waals surface area contributed by atoms with Gasteiger partial charge in [0.15, 0.2) is 0 Å². The number of hydrogen-bond donors (Lipinski definition) is 1. The van der Waals surface area contributed by atoms with E-state index in [1.165, 1.54) is 12.2 Å². The van der Waals surface area contributed by atoms with Gasteiger partial charge >= 0.3 is 0 Å². The van der Waals surface area contributed by atoms with Crippen molar-refractivity contribution in [2.75, 3.05) is 6.54 Å². The zero-order chi connectivity index (χ0) is 15.2. The van der Waals surface area contributed by atoms with Crippen molar-refractivity contribution in [1.82, 2.24) is 14.9 Å². The minimum absolute atomic E-state index is 0.368. The molecule has 0 aliphatic carbocycles. The van der Waals surface area contributed by atoms with Crippen LogP contribution in [-0.4, -0.2) is 22.1 Å². The van der Waals surface area contributed by atoms with Gasteiger partial charge in [-0.1, -0.05) is 41.5 Å². The van der Waals surface area contributed by atoms with Crippen LogP contribution in [0.15, 0.2) is 12.4 Å². The molecule has 2 unspecified atom stereocenters. The molecule has 0 fully saturated rings. The van der Waals surface area contributed by atoms with Crippen LogP contribution in [0, 0.1) is 11.3 Å². The van der Waals surface area contributed by atoms with Crippen molar-refractivity contribution in [3.05, 3.63) is 18.2 Å². The molecule has 1 N–H and O–H groups in total. The van der Waals surface area contributed by atoms with Crippen molar-refractivity contribution in [2.24, 2.45) is 11.3 Å². The van der Waals surface area contributed by atoms with Gasteiger partial charge in [0.2, 0.25) is 0 Å². The first-order chi connectivity index (χ1) is 9.38. The third kappa shape index (κ3) is 5.28. The van der Waals surface area contributed by atoms with E-state index < -0.39 is 0 Å². The van der Waals surface area contributed by atoms with Crippen LogP contribution < -0.4 is 5.32 Å². The predicted molar refractivity (Wildman–Crippen MR) is 86.9 cm³/mol. The number of rotatable bonds is 8. The predicted octanol–water partition coefficient (Wildman–Crippen LogP) is 3.89. The first kappa shape index (κ1) is 17.2. The zero-order valence-corrected chi connectivity index (χ0v) is 14.2.